The van der Waals surface area contributed by atoms with Gasteiger partial charge in [-0.15, -0.1) is 0 Å². The number of benzene rings is 2. The molecule has 0 unspecified atom stereocenters. The molecule has 0 aliphatic heterocycles. The smallest absolute Gasteiger partial charge is 0.364 e. The van der Waals surface area contributed by atoms with Gasteiger partial charge in [0.25, 0.3) is 9.84 Å². The van der Waals surface area contributed by atoms with E-state index in [0.29, 0.717) is 5.02 Å². The normalized spacial score (nSPS) is 12.1. The molecular formula is C14H10ClNO6S. The second-order valence-electron chi connectivity index (χ2n) is 4.45. The highest BCUT2D eigenvalue weighted by molar-refractivity contribution is 7.95. The zero-order valence-corrected chi connectivity index (χ0v) is 13.0. The molecule has 2 aromatic rings. The summed E-state index contributed by atoms with van der Waals surface area (Å²) in [5, 5.41) is 29.0. The van der Waals surface area contributed by atoms with Gasteiger partial charge in [0, 0.05) is 11.1 Å². The first-order chi connectivity index (χ1) is 10.7. The van der Waals surface area contributed by atoms with Crippen LogP contribution in [0.2, 0.25) is 5.02 Å². The monoisotopic (exact) mass is 355 g/mol. The molecule has 2 aromatic carbocycles. The molecule has 0 saturated carbocycles. The molecule has 0 spiro atoms. The number of aromatic hydroxyl groups is 2. The van der Waals surface area contributed by atoms with Gasteiger partial charge in [0.05, 0.1) is 9.82 Å². The molecule has 0 fully saturated rings. The standard InChI is InChI=1S/C14H10ClNO6S/c15-10-2-4-11(5-3-10)23(21,22)14(16(19)20)8-9-1-6-12(17)13(18)7-9/h1-8,17-18H/b14-8-. The van der Waals surface area contributed by atoms with Gasteiger partial charge in [-0.25, -0.2) is 8.42 Å². The second-order valence-corrected chi connectivity index (χ2v) is 6.78. The summed E-state index contributed by atoms with van der Waals surface area (Å²) in [4.78, 5) is 9.84. The molecule has 0 saturated heterocycles. The first-order valence-corrected chi connectivity index (χ1v) is 7.96. The quantitative estimate of drug-likeness (QED) is 0.494. The molecule has 0 aliphatic carbocycles. The SMILES string of the molecule is O=[N+]([O-])/C(=C/c1ccc(O)c(O)c1)S(=O)(=O)c1ccc(Cl)cc1. The van der Waals surface area contributed by atoms with Gasteiger partial charge in [-0.1, -0.05) is 17.7 Å². The van der Waals surface area contributed by atoms with Crippen molar-refractivity contribution < 1.29 is 23.6 Å². The lowest BCUT2D eigenvalue weighted by Crippen LogP contribution is -2.12. The number of hydrogen-bond acceptors (Lipinski definition) is 6. The van der Waals surface area contributed by atoms with E-state index < -0.39 is 31.3 Å². The van der Waals surface area contributed by atoms with Crippen LogP contribution in [0.3, 0.4) is 0 Å². The number of sulfone groups is 1. The number of phenolic OH excluding ortho intramolecular Hbond substituents is 2. The van der Waals surface area contributed by atoms with Crippen LogP contribution in [0.1, 0.15) is 5.56 Å². The lowest BCUT2D eigenvalue weighted by atomic mass is 10.2. The predicted octanol–water partition coefficient (Wildman–Crippen LogP) is 2.80. The van der Waals surface area contributed by atoms with Crippen LogP contribution < -0.4 is 0 Å². The Bertz CT molecular complexity index is 890. The number of nitro groups is 1. The lowest BCUT2D eigenvalue weighted by Gasteiger charge is -2.03. The van der Waals surface area contributed by atoms with Crippen molar-refractivity contribution in [2.75, 3.05) is 0 Å². The van der Waals surface area contributed by atoms with Gasteiger partial charge in [-0.05, 0) is 42.0 Å². The van der Waals surface area contributed by atoms with Gasteiger partial charge in [0.1, 0.15) is 0 Å². The van der Waals surface area contributed by atoms with Crippen molar-refractivity contribution in [1.82, 2.24) is 0 Å². The molecular weight excluding hydrogens is 346 g/mol. The molecule has 0 aliphatic rings. The Hall–Kier alpha value is -2.58. The summed E-state index contributed by atoms with van der Waals surface area (Å²) in [6.07, 6.45) is 0.795. The van der Waals surface area contributed by atoms with Gasteiger partial charge < -0.3 is 10.2 Å². The van der Waals surface area contributed by atoms with E-state index in [1.165, 1.54) is 18.2 Å². The number of nitrogens with zero attached hydrogens (tertiary/aromatic N) is 1. The third-order valence-corrected chi connectivity index (χ3v) is 4.83. The molecule has 9 heteroatoms. The number of halogens is 1. The summed E-state index contributed by atoms with van der Waals surface area (Å²) >= 11 is 5.67. The van der Waals surface area contributed by atoms with Crippen molar-refractivity contribution >= 4 is 27.5 Å². The highest BCUT2D eigenvalue weighted by Crippen LogP contribution is 2.28. The summed E-state index contributed by atoms with van der Waals surface area (Å²) in [5.74, 6) is -0.948. The van der Waals surface area contributed by atoms with Gasteiger partial charge in [0.15, 0.2) is 11.5 Å². The molecule has 0 bridgehead atoms. The maximum Gasteiger partial charge on any atom is 0.364 e. The Balaban J connectivity index is 2.57. The van der Waals surface area contributed by atoms with E-state index in [1.807, 2.05) is 0 Å². The molecule has 120 valence electrons. The van der Waals surface area contributed by atoms with E-state index in [9.17, 15) is 28.7 Å². The summed E-state index contributed by atoms with van der Waals surface area (Å²) in [6.45, 7) is 0. The summed E-state index contributed by atoms with van der Waals surface area (Å²) in [6, 6.07) is 8.25. The lowest BCUT2D eigenvalue weighted by molar-refractivity contribution is -0.410. The van der Waals surface area contributed by atoms with Crippen molar-refractivity contribution in [3.05, 3.63) is 68.2 Å². The maximum atomic E-state index is 12.4. The highest BCUT2D eigenvalue weighted by atomic mass is 35.5. The van der Waals surface area contributed by atoms with Crippen molar-refractivity contribution in [3.63, 3.8) is 0 Å². The highest BCUT2D eigenvalue weighted by Gasteiger charge is 2.31. The molecule has 0 heterocycles. The van der Waals surface area contributed by atoms with Crippen LogP contribution in [0, 0.1) is 10.1 Å². The van der Waals surface area contributed by atoms with Gasteiger partial charge >= 0.3 is 5.03 Å². The average Bonchev–Trinajstić information content (AvgIpc) is 2.48. The van der Waals surface area contributed by atoms with Crippen LogP contribution >= 0.6 is 11.6 Å². The Morgan fingerprint density at radius 2 is 1.70 bits per heavy atom. The van der Waals surface area contributed by atoms with Gasteiger partial charge in [0.2, 0.25) is 0 Å². The van der Waals surface area contributed by atoms with Gasteiger partial charge in [-0.2, -0.15) is 0 Å². The maximum absolute atomic E-state index is 12.4. The molecule has 0 amide bonds. The van der Waals surface area contributed by atoms with Gasteiger partial charge in [-0.3, -0.25) is 10.1 Å². The number of phenols is 2. The average molecular weight is 356 g/mol. The second kappa shape index (κ2) is 6.27. The summed E-state index contributed by atoms with van der Waals surface area (Å²) < 4.78 is 24.8. The molecule has 2 rings (SSSR count). The third-order valence-electron chi connectivity index (χ3n) is 2.87. The number of rotatable bonds is 4. The zero-order chi connectivity index (χ0) is 17.2. The Morgan fingerprint density at radius 1 is 1.09 bits per heavy atom. The predicted molar refractivity (Wildman–Crippen MR) is 83.4 cm³/mol. The summed E-state index contributed by atoms with van der Waals surface area (Å²) in [7, 11) is -4.38. The molecule has 0 radical (unpaired) electrons. The van der Waals surface area contributed by atoms with E-state index in [4.69, 9.17) is 11.6 Å². The zero-order valence-electron chi connectivity index (χ0n) is 11.4. The molecule has 0 aromatic heterocycles. The van der Waals surface area contributed by atoms with E-state index in [0.717, 1.165) is 30.3 Å². The minimum absolute atomic E-state index is 0.0459. The molecule has 2 N–H and O–H groups in total. The Kier molecular flexibility index (Phi) is 4.57. The first kappa shape index (κ1) is 16.8. The van der Waals surface area contributed by atoms with Crippen molar-refractivity contribution in [3.8, 4) is 11.5 Å². The minimum Gasteiger partial charge on any atom is -0.504 e. The summed E-state index contributed by atoms with van der Waals surface area (Å²) in [5.41, 5.74) is 0.0459. The van der Waals surface area contributed by atoms with E-state index in [1.54, 1.807) is 0 Å². The molecule has 23 heavy (non-hydrogen) atoms. The fourth-order valence-electron chi connectivity index (χ4n) is 1.74. The van der Waals surface area contributed by atoms with Crippen LogP contribution in [0.15, 0.2) is 52.4 Å². The van der Waals surface area contributed by atoms with E-state index in [-0.39, 0.29) is 10.5 Å². The van der Waals surface area contributed by atoms with Crippen molar-refractivity contribution in [1.29, 1.82) is 0 Å². The molecule has 7 nitrogen and oxygen atoms in total. The third kappa shape index (κ3) is 3.61. The van der Waals surface area contributed by atoms with E-state index in [2.05, 4.69) is 0 Å². The minimum atomic E-state index is -4.38. The Morgan fingerprint density at radius 3 is 2.22 bits per heavy atom. The Labute approximate surface area is 136 Å². The van der Waals surface area contributed by atoms with Crippen LogP contribution in [0.25, 0.3) is 6.08 Å². The van der Waals surface area contributed by atoms with Crippen LogP contribution in [0.4, 0.5) is 0 Å². The number of hydrogen-bond donors (Lipinski definition) is 2. The van der Waals surface area contributed by atoms with Crippen molar-refractivity contribution in [2.24, 2.45) is 0 Å². The fraction of sp³-hybridized carbons (Fsp3) is 0. The van der Waals surface area contributed by atoms with Crippen LogP contribution in [-0.4, -0.2) is 23.6 Å². The van der Waals surface area contributed by atoms with Crippen LogP contribution in [-0.2, 0) is 9.84 Å². The largest absolute Gasteiger partial charge is 0.504 e. The van der Waals surface area contributed by atoms with E-state index >= 15 is 0 Å². The first-order valence-electron chi connectivity index (χ1n) is 6.10. The van der Waals surface area contributed by atoms with Crippen LogP contribution in [0.5, 0.6) is 11.5 Å². The fourth-order valence-corrected chi connectivity index (χ4v) is 3.09. The van der Waals surface area contributed by atoms with Crippen molar-refractivity contribution in [2.45, 2.75) is 4.90 Å². The topological polar surface area (TPSA) is 118 Å². The molecule has 0 atom stereocenters.